The quantitative estimate of drug-likeness (QED) is 0.732. The van der Waals surface area contributed by atoms with Crippen LogP contribution >= 0.6 is 11.3 Å². The van der Waals surface area contributed by atoms with Gasteiger partial charge in [-0.15, -0.1) is 10.2 Å². The molecule has 0 saturated heterocycles. The summed E-state index contributed by atoms with van der Waals surface area (Å²) in [6.07, 6.45) is 2.75. The van der Waals surface area contributed by atoms with E-state index in [0.29, 0.717) is 12.5 Å². The van der Waals surface area contributed by atoms with Gasteiger partial charge in [-0.2, -0.15) is 5.10 Å². The molecule has 21 heavy (non-hydrogen) atoms. The zero-order valence-electron chi connectivity index (χ0n) is 11.8. The topological polar surface area (TPSA) is 66.5 Å². The average molecular weight is 299 g/mol. The van der Waals surface area contributed by atoms with Crippen LogP contribution in [0.15, 0.2) is 42.6 Å². The number of hydrogen-bond acceptors (Lipinski definition) is 5. The Morgan fingerprint density at radius 3 is 2.76 bits per heavy atom. The van der Waals surface area contributed by atoms with Crippen molar-refractivity contribution in [1.82, 2.24) is 20.4 Å². The van der Waals surface area contributed by atoms with Gasteiger partial charge in [-0.05, 0) is 18.1 Å². The number of H-pyrrole nitrogens is 1. The minimum Gasteiger partial charge on any atom is -0.354 e. The van der Waals surface area contributed by atoms with Crippen molar-refractivity contribution in [3.05, 3.63) is 58.9 Å². The van der Waals surface area contributed by atoms with Crippen LogP contribution in [0.3, 0.4) is 0 Å². The second-order valence-corrected chi connectivity index (χ2v) is 5.76. The van der Waals surface area contributed by atoms with Gasteiger partial charge in [0.25, 0.3) is 0 Å². The maximum Gasteiger partial charge on any atom is 0.206 e. The number of nitrogens with zero attached hydrogens (tertiary/aromatic N) is 3. The molecule has 1 aromatic carbocycles. The Kier molecular flexibility index (Phi) is 4.25. The first-order valence-electron chi connectivity index (χ1n) is 6.97. The van der Waals surface area contributed by atoms with Crippen molar-refractivity contribution in [2.45, 2.75) is 25.8 Å². The maximum atomic E-state index is 4.34. The second kappa shape index (κ2) is 6.49. The molecule has 1 unspecified atom stereocenters. The Bertz CT molecular complexity index is 662. The summed E-state index contributed by atoms with van der Waals surface area (Å²) in [5.41, 5.74) is 2.32. The van der Waals surface area contributed by atoms with Gasteiger partial charge in [0.15, 0.2) is 0 Å². The second-order valence-electron chi connectivity index (χ2n) is 4.75. The van der Waals surface area contributed by atoms with Crippen molar-refractivity contribution >= 4 is 16.5 Å². The summed E-state index contributed by atoms with van der Waals surface area (Å²) >= 11 is 1.61. The van der Waals surface area contributed by atoms with Crippen LogP contribution in [0.25, 0.3) is 0 Å². The van der Waals surface area contributed by atoms with Crippen molar-refractivity contribution in [2.24, 2.45) is 0 Å². The highest BCUT2D eigenvalue weighted by Crippen LogP contribution is 2.31. The van der Waals surface area contributed by atoms with Crippen LogP contribution in [0, 0.1) is 0 Å². The largest absolute Gasteiger partial charge is 0.354 e. The fraction of sp³-hybridized carbons (Fsp3) is 0.267. The highest BCUT2D eigenvalue weighted by atomic mass is 32.1. The van der Waals surface area contributed by atoms with Gasteiger partial charge in [0.2, 0.25) is 5.13 Å². The van der Waals surface area contributed by atoms with Crippen LogP contribution in [0.2, 0.25) is 0 Å². The molecule has 1 atom stereocenters. The summed E-state index contributed by atoms with van der Waals surface area (Å²) in [6, 6.07) is 12.4. The smallest absolute Gasteiger partial charge is 0.206 e. The van der Waals surface area contributed by atoms with Crippen LogP contribution < -0.4 is 5.32 Å². The third-order valence-electron chi connectivity index (χ3n) is 3.34. The summed E-state index contributed by atoms with van der Waals surface area (Å²) in [5, 5.41) is 20.6. The lowest BCUT2D eigenvalue weighted by Crippen LogP contribution is -1.99. The van der Waals surface area contributed by atoms with E-state index in [1.165, 1.54) is 5.56 Å². The lowest BCUT2D eigenvalue weighted by molar-refractivity contribution is 0.755. The molecule has 2 N–H and O–H groups in total. The molecule has 0 fully saturated rings. The molecule has 0 aliphatic carbocycles. The summed E-state index contributed by atoms with van der Waals surface area (Å²) < 4.78 is 0. The predicted octanol–water partition coefficient (Wildman–Crippen LogP) is 3.42. The van der Waals surface area contributed by atoms with E-state index in [2.05, 4.69) is 56.9 Å². The van der Waals surface area contributed by atoms with Gasteiger partial charge in [-0.1, -0.05) is 48.6 Å². The van der Waals surface area contributed by atoms with Gasteiger partial charge in [0.1, 0.15) is 5.01 Å². The Morgan fingerprint density at radius 2 is 2.05 bits per heavy atom. The molecule has 6 heteroatoms. The standard InChI is InChI=1S/C15H17N5S/c1-2-13(11-6-4-3-5-7-11)14-19-20-15(21-14)16-10-12-8-9-17-18-12/h3-9,13H,2,10H2,1H3,(H,16,20)(H,17,18). The van der Waals surface area contributed by atoms with Crippen molar-refractivity contribution in [3.63, 3.8) is 0 Å². The molecule has 0 aliphatic heterocycles. The molecule has 108 valence electrons. The lowest BCUT2D eigenvalue weighted by Gasteiger charge is -2.11. The monoisotopic (exact) mass is 299 g/mol. The summed E-state index contributed by atoms with van der Waals surface area (Å²) in [6.45, 7) is 2.85. The molecule has 0 amide bonds. The van der Waals surface area contributed by atoms with E-state index in [4.69, 9.17) is 0 Å². The summed E-state index contributed by atoms with van der Waals surface area (Å²) in [5.74, 6) is 0.311. The van der Waals surface area contributed by atoms with E-state index >= 15 is 0 Å². The molecule has 2 heterocycles. The van der Waals surface area contributed by atoms with Gasteiger partial charge < -0.3 is 5.32 Å². The van der Waals surface area contributed by atoms with Gasteiger partial charge >= 0.3 is 0 Å². The van der Waals surface area contributed by atoms with E-state index in [9.17, 15) is 0 Å². The fourth-order valence-electron chi connectivity index (χ4n) is 2.24. The summed E-state index contributed by atoms with van der Waals surface area (Å²) in [7, 11) is 0. The van der Waals surface area contributed by atoms with Gasteiger partial charge in [-0.25, -0.2) is 0 Å². The Balaban J connectivity index is 1.71. The first-order valence-corrected chi connectivity index (χ1v) is 7.79. The molecule has 2 aromatic heterocycles. The summed E-state index contributed by atoms with van der Waals surface area (Å²) in [4.78, 5) is 0. The van der Waals surface area contributed by atoms with E-state index < -0.39 is 0 Å². The van der Waals surface area contributed by atoms with E-state index in [1.54, 1.807) is 17.5 Å². The molecule has 0 aliphatic rings. The molecular formula is C15H17N5S. The van der Waals surface area contributed by atoms with E-state index in [0.717, 1.165) is 22.3 Å². The van der Waals surface area contributed by atoms with Gasteiger partial charge in [0.05, 0.1) is 12.2 Å². The van der Waals surface area contributed by atoms with E-state index in [-0.39, 0.29) is 0 Å². The minimum atomic E-state index is 0.311. The molecule has 0 radical (unpaired) electrons. The van der Waals surface area contributed by atoms with Crippen molar-refractivity contribution < 1.29 is 0 Å². The van der Waals surface area contributed by atoms with Crippen LogP contribution in [0.1, 0.15) is 35.5 Å². The predicted molar refractivity (Wildman–Crippen MR) is 84.4 cm³/mol. The minimum absolute atomic E-state index is 0.311. The van der Waals surface area contributed by atoms with Crippen LogP contribution in [-0.4, -0.2) is 20.4 Å². The van der Waals surface area contributed by atoms with E-state index in [1.807, 2.05) is 12.1 Å². The molecule has 3 rings (SSSR count). The number of aromatic amines is 1. The fourth-order valence-corrected chi connectivity index (χ4v) is 3.19. The Morgan fingerprint density at radius 1 is 1.19 bits per heavy atom. The third-order valence-corrected chi connectivity index (χ3v) is 4.33. The normalized spacial score (nSPS) is 12.2. The SMILES string of the molecule is CCC(c1ccccc1)c1nnc(NCc2ccn[nH]2)s1. The first-order chi connectivity index (χ1) is 10.4. The maximum absolute atomic E-state index is 4.34. The number of nitrogens with one attached hydrogen (secondary N) is 2. The number of aromatic nitrogens is 4. The van der Waals surface area contributed by atoms with Crippen molar-refractivity contribution in [1.29, 1.82) is 0 Å². The lowest BCUT2D eigenvalue weighted by atomic mass is 9.97. The average Bonchev–Trinajstić information content (AvgIpc) is 3.19. The van der Waals surface area contributed by atoms with Crippen LogP contribution in [-0.2, 0) is 6.54 Å². The van der Waals surface area contributed by atoms with Crippen LogP contribution in [0.5, 0.6) is 0 Å². The first kappa shape index (κ1) is 13.8. The number of rotatable bonds is 6. The van der Waals surface area contributed by atoms with Crippen molar-refractivity contribution in [3.8, 4) is 0 Å². The highest BCUT2D eigenvalue weighted by molar-refractivity contribution is 7.15. The van der Waals surface area contributed by atoms with Crippen molar-refractivity contribution in [2.75, 3.05) is 5.32 Å². The molecule has 0 spiro atoms. The number of benzene rings is 1. The van der Waals surface area contributed by atoms with Gasteiger partial charge in [0, 0.05) is 12.1 Å². The Hall–Kier alpha value is -2.21. The molecule has 5 nitrogen and oxygen atoms in total. The zero-order chi connectivity index (χ0) is 14.5. The molecule has 0 saturated carbocycles. The van der Waals surface area contributed by atoms with Gasteiger partial charge in [-0.3, -0.25) is 5.10 Å². The molecule has 3 aromatic rings. The molecular weight excluding hydrogens is 282 g/mol. The zero-order valence-corrected chi connectivity index (χ0v) is 12.6. The highest BCUT2D eigenvalue weighted by Gasteiger charge is 2.17. The third kappa shape index (κ3) is 3.28. The number of hydrogen-bond donors (Lipinski definition) is 2. The Labute approximate surface area is 127 Å². The number of anilines is 1. The van der Waals surface area contributed by atoms with Crippen LogP contribution in [0.4, 0.5) is 5.13 Å². The molecule has 0 bridgehead atoms.